The van der Waals surface area contributed by atoms with Crippen LogP contribution in [-0.4, -0.2) is 11.9 Å². The number of amides is 1. The van der Waals surface area contributed by atoms with Crippen LogP contribution in [0.2, 0.25) is 0 Å². The summed E-state index contributed by atoms with van der Waals surface area (Å²) in [6.07, 6.45) is 6.08. The summed E-state index contributed by atoms with van der Waals surface area (Å²) in [6.45, 7) is 2.24. The van der Waals surface area contributed by atoms with Crippen molar-refractivity contribution in [2.45, 2.75) is 45.1 Å². The highest BCUT2D eigenvalue weighted by Crippen LogP contribution is 2.28. The highest BCUT2D eigenvalue weighted by molar-refractivity contribution is 9.10. The molecule has 1 aromatic rings. The van der Waals surface area contributed by atoms with E-state index >= 15 is 0 Å². The van der Waals surface area contributed by atoms with Crippen LogP contribution in [0.4, 0.5) is 0 Å². The van der Waals surface area contributed by atoms with Gasteiger partial charge < -0.3 is 5.32 Å². The molecule has 0 aliphatic heterocycles. The molecule has 4 heteroatoms. The van der Waals surface area contributed by atoms with Crippen molar-refractivity contribution < 1.29 is 4.79 Å². The van der Waals surface area contributed by atoms with E-state index in [1.807, 2.05) is 11.4 Å². The van der Waals surface area contributed by atoms with Gasteiger partial charge in [0.15, 0.2) is 0 Å². The van der Waals surface area contributed by atoms with Crippen molar-refractivity contribution in [1.82, 2.24) is 5.32 Å². The Morgan fingerprint density at radius 3 is 3.06 bits per heavy atom. The van der Waals surface area contributed by atoms with Crippen LogP contribution in [0.3, 0.4) is 0 Å². The fourth-order valence-electron chi connectivity index (χ4n) is 2.50. The lowest BCUT2D eigenvalue weighted by Gasteiger charge is -2.28. The highest BCUT2D eigenvalue weighted by Gasteiger charge is 2.23. The van der Waals surface area contributed by atoms with Crippen LogP contribution in [0.5, 0.6) is 0 Å². The monoisotopic (exact) mass is 315 g/mol. The predicted molar refractivity (Wildman–Crippen MR) is 75.5 cm³/mol. The molecular formula is C13H18BrNOS. The van der Waals surface area contributed by atoms with Gasteiger partial charge >= 0.3 is 0 Å². The van der Waals surface area contributed by atoms with E-state index in [0.717, 1.165) is 28.1 Å². The first-order valence-corrected chi connectivity index (χ1v) is 7.91. The number of nitrogens with one attached hydrogen (secondary N) is 1. The first-order valence-electron chi connectivity index (χ1n) is 6.24. The third-order valence-corrected chi connectivity index (χ3v) is 5.36. The highest BCUT2D eigenvalue weighted by atomic mass is 79.9. The summed E-state index contributed by atoms with van der Waals surface area (Å²) in [4.78, 5) is 12.9. The van der Waals surface area contributed by atoms with Gasteiger partial charge in [-0.15, -0.1) is 11.3 Å². The molecule has 2 nitrogen and oxygen atoms in total. The van der Waals surface area contributed by atoms with Gasteiger partial charge in [0.1, 0.15) is 4.88 Å². The number of carbonyl (C=O) groups excluding carboxylic acids is 1. The second-order valence-electron chi connectivity index (χ2n) is 4.71. The van der Waals surface area contributed by atoms with Crippen molar-refractivity contribution in [3.05, 3.63) is 20.8 Å². The molecule has 0 saturated heterocycles. The van der Waals surface area contributed by atoms with Crippen LogP contribution >= 0.6 is 27.3 Å². The summed E-state index contributed by atoms with van der Waals surface area (Å²) in [5, 5.41) is 5.11. The average Bonchev–Trinajstić information content (AvgIpc) is 2.76. The van der Waals surface area contributed by atoms with Gasteiger partial charge in [0.25, 0.3) is 5.91 Å². The van der Waals surface area contributed by atoms with Crippen molar-refractivity contribution in [1.29, 1.82) is 0 Å². The maximum absolute atomic E-state index is 12.1. The largest absolute Gasteiger partial charge is 0.349 e. The standard InChI is InChI=1S/C13H18BrNOS/c1-2-9-4-3-5-10(8-9)15-13(16)12-11(14)6-7-17-12/h6-7,9-10H,2-5,8H2,1H3,(H,15,16). The summed E-state index contributed by atoms with van der Waals surface area (Å²) in [6, 6.07) is 2.30. The minimum Gasteiger partial charge on any atom is -0.349 e. The normalized spacial score (nSPS) is 24.6. The van der Waals surface area contributed by atoms with Crippen molar-refractivity contribution in [3.63, 3.8) is 0 Å². The van der Waals surface area contributed by atoms with Crippen LogP contribution in [0.15, 0.2) is 15.9 Å². The average molecular weight is 316 g/mol. The number of rotatable bonds is 3. The van der Waals surface area contributed by atoms with Crippen molar-refractivity contribution in [2.75, 3.05) is 0 Å². The van der Waals surface area contributed by atoms with E-state index in [1.165, 1.54) is 30.6 Å². The molecule has 2 rings (SSSR count). The van der Waals surface area contributed by atoms with Crippen molar-refractivity contribution >= 4 is 33.2 Å². The maximum atomic E-state index is 12.1. The number of hydrogen-bond acceptors (Lipinski definition) is 2. The molecule has 1 heterocycles. The Kier molecular flexibility index (Phi) is 4.62. The Bertz CT molecular complexity index is 391. The Morgan fingerprint density at radius 1 is 1.59 bits per heavy atom. The number of thiophene rings is 1. The number of carbonyl (C=O) groups is 1. The third-order valence-electron chi connectivity index (χ3n) is 3.52. The molecule has 0 radical (unpaired) electrons. The zero-order valence-electron chi connectivity index (χ0n) is 10.0. The molecule has 1 saturated carbocycles. The van der Waals surface area contributed by atoms with Crippen molar-refractivity contribution in [2.24, 2.45) is 5.92 Å². The molecule has 1 N–H and O–H groups in total. The van der Waals surface area contributed by atoms with E-state index in [9.17, 15) is 4.79 Å². The fraction of sp³-hybridized carbons (Fsp3) is 0.615. The molecule has 17 heavy (non-hydrogen) atoms. The van der Waals surface area contributed by atoms with Gasteiger partial charge in [-0.3, -0.25) is 4.79 Å². The summed E-state index contributed by atoms with van der Waals surface area (Å²) >= 11 is 4.90. The summed E-state index contributed by atoms with van der Waals surface area (Å²) in [5.74, 6) is 0.870. The lowest BCUT2D eigenvalue weighted by atomic mass is 9.84. The lowest BCUT2D eigenvalue weighted by molar-refractivity contribution is 0.0922. The van der Waals surface area contributed by atoms with Crippen molar-refractivity contribution in [3.8, 4) is 0 Å². The van der Waals surface area contributed by atoms with Gasteiger partial charge in [-0.05, 0) is 46.1 Å². The number of hydrogen-bond donors (Lipinski definition) is 1. The zero-order chi connectivity index (χ0) is 12.3. The Hall–Kier alpha value is -0.350. The third kappa shape index (κ3) is 3.32. The molecule has 1 aliphatic carbocycles. The van der Waals surface area contributed by atoms with Crippen LogP contribution < -0.4 is 5.32 Å². The smallest absolute Gasteiger partial charge is 0.262 e. The van der Waals surface area contributed by atoms with Gasteiger partial charge in [-0.1, -0.05) is 26.2 Å². The molecule has 2 unspecified atom stereocenters. The van der Waals surface area contributed by atoms with Crippen LogP contribution in [-0.2, 0) is 0 Å². The lowest BCUT2D eigenvalue weighted by Crippen LogP contribution is -2.38. The second-order valence-corrected chi connectivity index (χ2v) is 6.48. The van der Waals surface area contributed by atoms with Crippen LogP contribution in [0.1, 0.15) is 48.7 Å². The molecule has 2 atom stereocenters. The fourth-order valence-corrected chi connectivity index (χ4v) is 3.95. The summed E-state index contributed by atoms with van der Waals surface area (Å²) < 4.78 is 0.905. The maximum Gasteiger partial charge on any atom is 0.262 e. The summed E-state index contributed by atoms with van der Waals surface area (Å²) in [5.41, 5.74) is 0. The second kappa shape index (κ2) is 6.01. The molecule has 0 aromatic carbocycles. The first-order chi connectivity index (χ1) is 8.20. The van der Waals surface area contributed by atoms with Gasteiger partial charge in [0.05, 0.1) is 0 Å². The number of halogens is 1. The topological polar surface area (TPSA) is 29.1 Å². The van der Waals surface area contributed by atoms with Gasteiger partial charge in [-0.2, -0.15) is 0 Å². The molecule has 0 spiro atoms. The molecule has 1 amide bonds. The molecule has 1 fully saturated rings. The summed E-state index contributed by atoms with van der Waals surface area (Å²) in [7, 11) is 0. The predicted octanol–water partition coefficient (Wildman–Crippen LogP) is 4.21. The van der Waals surface area contributed by atoms with Gasteiger partial charge in [0.2, 0.25) is 0 Å². The minimum absolute atomic E-state index is 0.0774. The minimum atomic E-state index is 0.0774. The van der Waals surface area contributed by atoms with E-state index in [0.29, 0.717) is 6.04 Å². The molecule has 1 aliphatic rings. The Morgan fingerprint density at radius 2 is 2.41 bits per heavy atom. The van der Waals surface area contributed by atoms with Gasteiger partial charge in [-0.25, -0.2) is 0 Å². The van der Waals surface area contributed by atoms with E-state index in [2.05, 4.69) is 28.2 Å². The Balaban J connectivity index is 1.93. The van der Waals surface area contributed by atoms with E-state index in [4.69, 9.17) is 0 Å². The first kappa shape index (κ1) is 13.1. The van der Waals surface area contributed by atoms with E-state index in [-0.39, 0.29) is 5.91 Å². The molecular weight excluding hydrogens is 298 g/mol. The quantitative estimate of drug-likeness (QED) is 0.889. The molecule has 94 valence electrons. The van der Waals surface area contributed by atoms with Gasteiger partial charge in [0, 0.05) is 10.5 Å². The van der Waals surface area contributed by atoms with E-state index in [1.54, 1.807) is 0 Å². The Labute approximate surface area is 115 Å². The molecule has 0 bridgehead atoms. The van der Waals surface area contributed by atoms with E-state index < -0.39 is 0 Å². The zero-order valence-corrected chi connectivity index (χ0v) is 12.4. The van der Waals surface area contributed by atoms with Crippen LogP contribution in [0.25, 0.3) is 0 Å². The molecule has 1 aromatic heterocycles. The SMILES string of the molecule is CCC1CCCC(NC(=O)c2sccc2Br)C1. The van der Waals surface area contributed by atoms with Crippen LogP contribution in [0, 0.1) is 5.92 Å².